The van der Waals surface area contributed by atoms with E-state index in [4.69, 9.17) is 4.74 Å². The predicted molar refractivity (Wildman–Crippen MR) is 67.6 cm³/mol. The van der Waals surface area contributed by atoms with Crippen LogP contribution in [0.3, 0.4) is 0 Å². The summed E-state index contributed by atoms with van der Waals surface area (Å²) in [6, 6.07) is 10.7. The lowest BCUT2D eigenvalue weighted by atomic mass is 10.0. The Bertz CT molecular complexity index is 341. The molecule has 17 heavy (non-hydrogen) atoms. The van der Waals surface area contributed by atoms with Crippen LogP contribution >= 0.6 is 0 Å². The Hall–Kier alpha value is -0.900. The molecule has 1 aliphatic rings. The van der Waals surface area contributed by atoms with Crippen molar-refractivity contribution >= 4 is 0 Å². The molecule has 0 aliphatic carbocycles. The van der Waals surface area contributed by atoms with Crippen molar-refractivity contribution in [2.24, 2.45) is 0 Å². The second-order valence-corrected chi connectivity index (χ2v) is 4.67. The lowest BCUT2D eigenvalue weighted by Gasteiger charge is -2.42. The molecule has 3 nitrogen and oxygen atoms in total. The van der Waals surface area contributed by atoms with E-state index in [0.717, 1.165) is 12.8 Å². The standard InChI is InChI=1S/C14H21NO2/c1-3-7-12-14(16)17-10-13(15(12)2)11-8-5-4-6-9-11/h4-6,8-9,12-14,16H,3,7,10H2,1-2H3/t12-,13+,14?/m1/s1. The van der Waals surface area contributed by atoms with Crippen molar-refractivity contribution in [3.8, 4) is 0 Å². The summed E-state index contributed by atoms with van der Waals surface area (Å²) in [6.07, 6.45) is 1.36. The van der Waals surface area contributed by atoms with Crippen LogP contribution in [0.2, 0.25) is 0 Å². The van der Waals surface area contributed by atoms with E-state index in [0.29, 0.717) is 6.61 Å². The number of benzene rings is 1. The van der Waals surface area contributed by atoms with Gasteiger partial charge in [-0.15, -0.1) is 0 Å². The lowest BCUT2D eigenvalue weighted by molar-refractivity contribution is -0.196. The number of nitrogens with zero attached hydrogens (tertiary/aromatic N) is 1. The second kappa shape index (κ2) is 5.63. The normalized spacial score (nSPS) is 30.4. The number of rotatable bonds is 3. The van der Waals surface area contributed by atoms with E-state index in [1.807, 2.05) is 18.2 Å². The zero-order chi connectivity index (χ0) is 12.3. The van der Waals surface area contributed by atoms with Crippen molar-refractivity contribution in [3.63, 3.8) is 0 Å². The van der Waals surface area contributed by atoms with Gasteiger partial charge in [-0.05, 0) is 19.0 Å². The number of likely N-dealkylation sites (N-methyl/N-ethyl adjacent to an activating group) is 1. The van der Waals surface area contributed by atoms with Crippen molar-refractivity contribution in [3.05, 3.63) is 35.9 Å². The molecular formula is C14H21NO2. The Morgan fingerprint density at radius 2 is 2.06 bits per heavy atom. The molecule has 1 aromatic rings. The first-order valence-corrected chi connectivity index (χ1v) is 6.30. The first-order chi connectivity index (χ1) is 8.24. The molecule has 94 valence electrons. The fourth-order valence-corrected chi connectivity index (χ4v) is 2.50. The summed E-state index contributed by atoms with van der Waals surface area (Å²) < 4.78 is 5.49. The number of hydrogen-bond acceptors (Lipinski definition) is 3. The van der Waals surface area contributed by atoms with Gasteiger partial charge < -0.3 is 9.84 Å². The third-order valence-electron chi connectivity index (χ3n) is 3.54. The van der Waals surface area contributed by atoms with Crippen molar-refractivity contribution in [2.75, 3.05) is 13.7 Å². The van der Waals surface area contributed by atoms with Crippen molar-refractivity contribution in [1.29, 1.82) is 0 Å². The molecule has 1 aliphatic heterocycles. The van der Waals surface area contributed by atoms with Crippen LogP contribution in [0.5, 0.6) is 0 Å². The summed E-state index contributed by atoms with van der Waals surface area (Å²) in [6.45, 7) is 2.69. The van der Waals surface area contributed by atoms with E-state index in [-0.39, 0.29) is 12.1 Å². The minimum absolute atomic E-state index is 0.0963. The third-order valence-corrected chi connectivity index (χ3v) is 3.54. The number of aliphatic hydroxyl groups is 1. The number of hydrogen-bond donors (Lipinski definition) is 1. The summed E-state index contributed by atoms with van der Waals surface area (Å²) in [4.78, 5) is 2.24. The highest BCUT2D eigenvalue weighted by atomic mass is 16.6. The maximum absolute atomic E-state index is 9.87. The van der Waals surface area contributed by atoms with Gasteiger partial charge in [-0.3, -0.25) is 4.90 Å². The van der Waals surface area contributed by atoms with Crippen LogP contribution in [0.15, 0.2) is 30.3 Å². The van der Waals surface area contributed by atoms with Crippen LogP contribution in [0.1, 0.15) is 31.4 Å². The number of morpholine rings is 1. The van der Waals surface area contributed by atoms with Gasteiger partial charge in [0.05, 0.1) is 18.7 Å². The zero-order valence-electron chi connectivity index (χ0n) is 10.5. The summed E-state index contributed by atoms with van der Waals surface area (Å²) in [5, 5.41) is 9.87. The fraction of sp³-hybridized carbons (Fsp3) is 0.571. The third kappa shape index (κ3) is 2.68. The smallest absolute Gasteiger partial charge is 0.170 e. The Balaban J connectivity index is 2.14. The van der Waals surface area contributed by atoms with Crippen LogP contribution in [0.25, 0.3) is 0 Å². The van der Waals surface area contributed by atoms with E-state index in [1.165, 1.54) is 5.56 Å². The zero-order valence-corrected chi connectivity index (χ0v) is 10.5. The molecule has 0 aromatic heterocycles. The molecule has 0 spiro atoms. The molecule has 0 radical (unpaired) electrons. The van der Waals surface area contributed by atoms with E-state index in [2.05, 4.69) is 31.0 Å². The Morgan fingerprint density at radius 3 is 2.71 bits per heavy atom. The van der Waals surface area contributed by atoms with Crippen LogP contribution in [0, 0.1) is 0 Å². The summed E-state index contributed by atoms with van der Waals surface area (Å²) in [5.41, 5.74) is 1.25. The maximum Gasteiger partial charge on any atom is 0.170 e. The van der Waals surface area contributed by atoms with Crippen molar-refractivity contribution in [2.45, 2.75) is 38.1 Å². The molecule has 0 amide bonds. The van der Waals surface area contributed by atoms with Crippen LogP contribution in [-0.2, 0) is 4.74 Å². The molecule has 1 heterocycles. The molecular weight excluding hydrogens is 214 g/mol. The minimum atomic E-state index is -0.653. The highest BCUT2D eigenvalue weighted by molar-refractivity contribution is 5.19. The molecule has 1 N–H and O–H groups in total. The van der Waals surface area contributed by atoms with Gasteiger partial charge in [0.25, 0.3) is 0 Å². The lowest BCUT2D eigenvalue weighted by Crippen LogP contribution is -2.50. The molecule has 3 atom stereocenters. The molecule has 1 unspecified atom stereocenters. The fourth-order valence-electron chi connectivity index (χ4n) is 2.50. The number of aliphatic hydroxyl groups excluding tert-OH is 1. The van der Waals surface area contributed by atoms with Gasteiger partial charge >= 0.3 is 0 Å². The minimum Gasteiger partial charge on any atom is -0.367 e. The van der Waals surface area contributed by atoms with Crippen LogP contribution < -0.4 is 0 Å². The Kier molecular flexibility index (Phi) is 4.15. The first kappa shape index (κ1) is 12.6. The van der Waals surface area contributed by atoms with Gasteiger partial charge in [0, 0.05) is 0 Å². The van der Waals surface area contributed by atoms with Gasteiger partial charge in [0.1, 0.15) is 0 Å². The summed E-state index contributed by atoms with van der Waals surface area (Å²) in [7, 11) is 2.07. The molecule has 0 saturated carbocycles. The SMILES string of the molecule is CCC[C@@H]1C(O)OC[C@@H](c2ccccc2)N1C. The van der Waals surface area contributed by atoms with Crippen molar-refractivity contribution < 1.29 is 9.84 Å². The topological polar surface area (TPSA) is 32.7 Å². The van der Waals surface area contributed by atoms with Gasteiger partial charge in [-0.1, -0.05) is 43.7 Å². The van der Waals surface area contributed by atoms with Gasteiger partial charge in [0.2, 0.25) is 0 Å². The van der Waals surface area contributed by atoms with Crippen LogP contribution in [0.4, 0.5) is 0 Å². The van der Waals surface area contributed by atoms with Crippen LogP contribution in [-0.4, -0.2) is 36.0 Å². The second-order valence-electron chi connectivity index (χ2n) is 4.67. The largest absolute Gasteiger partial charge is 0.367 e. The van der Waals surface area contributed by atoms with E-state index < -0.39 is 6.29 Å². The predicted octanol–water partition coefficient (Wildman–Crippen LogP) is 2.18. The van der Waals surface area contributed by atoms with Crippen molar-refractivity contribution in [1.82, 2.24) is 4.90 Å². The molecule has 1 saturated heterocycles. The van der Waals surface area contributed by atoms with Gasteiger partial charge in [-0.2, -0.15) is 0 Å². The first-order valence-electron chi connectivity index (χ1n) is 6.30. The van der Waals surface area contributed by atoms with Gasteiger partial charge in [-0.25, -0.2) is 0 Å². The Morgan fingerprint density at radius 1 is 1.35 bits per heavy atom. The molecule has 2 rings (SSSR count). The average molecular weight is 235 g/mol. The van der Waals surface area contributed by atoms with Gasteiger partial charge in [0.15, 0.2) is 6.29 Å². The summed E-state index contributed by atoms with van der Waals surface area (Å²) in [5.74, 6) is 0. The highest BCUT2D eigenvalue weighted by Gasteiger charge is 2.34. The molecule has 1 aromatic carbocycles. The maximum atomic E-state index is 9.87. The quantitative estimate of drug-likeness (QED) is 0.871. The van der Waals surface area contributed by atoms with E-state index in [9.17, 15) is 5.11 Å². The average Bonchev–Trinajstić information content (AvgIpc) is 2.36. The molecule has 0 bridgehead atoms. The highest BCUT2D eigenvalue weighted by Crippen LogP contribution is 2.29. The number of ether oxygens (including phenoxy) is 1. The Labute approximate surface area is 103 Å². The van der Waals surface area contributed by atoms with E-state index in [1.54, 1.807) is 0 Å². The molecule has 1 fully saturated rings. The van der Waals surface area contributed by atoms with E-state index >= 15 is 0 Å². The molecule has 3 heteroatoms. The monoisotopic (exact) mass is 235 g/mol. The summed E-state index contributed by atoms with van der Waals surface area (Å²) >= 11 is 0.